The topological polar surface area (TPSA) is 30.5 Å². The Balaban J connectivity index is 0.00000192. The minimum Gasteiger partial charge on any atom is -0.486 e. The lowest BCUT2D eigenvalue weighted by atomic mass is 10.1. The van der Waals surface area contributed by atoms with Gasteiger partial charge in [0.05, 0.1) is 0 Å². The van der Waals surface area contributed by atoms with Crippen LogP contribution in [0.4, 0.5) is 0 Å². The number of ether oxygens (including phenoxy) is 2. The Labute approximate surface area is 144 Å². The van der Waals surface area contributed by atoms with Crippen molar-refractivity contribution in [2.75, 3.05) is 13.2 Å². The first-order valence-electron chi connectivity index (χ1n) is 7.99. The number of hydrogen-bond donors (Lipinski definition) is 1. The Bertz CT molecular complexity index is 591. The van der Waals surface area contributed by atoms with Crippen LogP contribution in [0.1, 0.15) is 18.9 Å². The van der Waals surface area contributed by atoms with Gasteiger partial charge in [-0.2, -0.15) is 0 Å². The lowest BCUT2D eigenvalue weighted by Crippen LogP contribution is -2.46. The normalized spacial score (nSPS) is 17.2. The maximum atomic E-state index is 6.02. The van der Waals surface area contributed by atoms with Gasteiger partial charge in [-0.05, 0) is 44.0 Å². The molecule has 2 unspecified atom stereocenters. The van der Waals surface area contributed by atoms with Crippen LogP contribution in [0.2, 0.25) is 0 Å². The van der Waals surface area contributed by atoms with E-state index < -0.39 is 0 Å². The smallest absolute Gasteiger partial charge is 0.161 e. The van der Waals surface area contributed by atoms with Gasteiger partial charge in [0.1, 0.15) is 12.7 Å². The van der Waals surface area contributed by atoms with E-state index in [0.29, 0.717) is 6.61 Å². The van der Waals surface area contributed by atoms with Crippen molar-refractivity contribution < 1.29 is 9.47 Å². The minimum atomic E-state index is 0. The Morgan fingerprint density at radius 1 is 1.04 bits per heavy atom. The molecule has 0 saturated heterocycles. The second-order valence-corrected chi connectivity index (χ2v) is 5.75. The molecular formula is C19H24ClNO2. The number of fused-ring (bicyclic) bond motifs is 1. The molecule has 2 aromatic carbocycles. The second kappa shape index (κ2) is 8.80. The van der Waals surface area contributed by atoms with Crippen LogP contribution in [0.3, 0.4) is 0 Å². The number of aryl methyl sites for hydroxylation is 1. The molecule has 3 nitrogen and oxygen atoms in total. The fourth-order valence-electron chi connectivity index (χ4n) is 2.68. The van der Waals surface area contributed by atoms with Gasteiger partial charge in [0.25, 0.3) is 0 Å². The predicted octanol–water partition coefficient (Wildman–Crippen LogP) is 3.86. The molecule has 0 fully saturated rings. The molecule has 124 valence electrons. The number of hydrogen-bond acceptors (Lipinski definition) is 3. The molecule has 3 rings (SSSR count). The van der Waals surface area contributed by atoms with Gasteiger partial charge in [-0.1, -0.05) is 42.5 Å². The van der Waals surface area contributed by atoms with E-state index in [1.54, 1.807) is 0 Å². The van der Waals surface area contributed by atoms with Crippen molar-refractivity contribution in [2.45, 2.75) is 31.9 Å². The summed E-state index contributed by atoms with van der Waals surface area (Å²) in [6.07, 6.45) is 2.29. The minimum absolute atomic E-state index is 0. The van der Waals surface area contributed by atoms with E-state index in [9.17, 15) is 0 Å². The summed E-state index contributed by atoms with van der Waals surface area (Å²) in [7, 11) is 0. The molecule has 2 aromatic rings. The molecule has 0 amide bonds. The van der Waals surface area contributed by atoms with E-state index >= 15 is 0 Å². The van der Waals surface area contributed by atoms with Gasteiger partial charge < -0.3 is 14.8 Å². The second-order valence-electron chi connectivity index (χ2n) is 5.75. The first-order chi connectivity index (χ1) is 10.8. The highest BCUT2D eigenvalue weighted by Crippen LogP contribution is 2.31. The van der Waals surface area contributed by atoms with Crippen LogP contribution in [-0.4, -0.2) is 25.3 Å². The third-order valence-corrected chi connectivity index (χ3v) is 4.04. The zero-order chi connectivity index (χ0) is 15.2. The number of benzene rings is 2. The zero-order valence-electron chi connectivity index (χ0n) is 13.4. The summed E-state index contributed by atoms with van der Waals surface area (Å²) < 4.78 is 11.8. The van der Waals surface area contributed by atoms with Gasteiger partial charge in [-0.15, -0.1) is 12.4 Å². The monoisotopic (exact) mass is 333 g/mol. The van der Waals surface area contributed by atoms with Gasteiger partial charge in [0.15, 0.2) is 11.5 Å². The molecule has 0 radical (unpaired) electrons. The number of rotatable bonds is 6. The summed E-state index contributed by atoms with van der Waals surface area (Å²) in [6, 6.07) is 18.7. The van der Waals surface area contributed by atoms with Crippen LogP contribution in [0.15, 0.2) is 54.6 Å². The fraction of sp³-hybridized carbons (Fsp3) is 0.368. The average molecular weight is 334 g/mol. The largest absolute Gasteiger partial charge is 0.486 e. The highest BCUT2D eigenvalue weighted by Gasteiger charge is 2.25. The summed E-state index contributed by atoms with van der Waals surface area (Å²) in [4.78, 5) is 0. The Morgan fingerprint density at radius 2 is 1.74 bits per heavy atom. The van der Waals surface area contributed by atoms with Crippen molar-refractivity contribution in [1.29, 1.82) is 0 Å². The van der Waals surface area contributed by atoms with Gasteiger partial charge in [-0.3, -0.25) is 0 Å². The van der Waals surface area contributed by atoms with E-state index in [2.05, 4.69) is 42.6 Å². The van der Waals surface area contributed by atoms with E-state index in [1.807, 2.05) is 24.3 Å². The van der Waals surface area contributed by atoms with Crippen LogP contribution in [0.25, 0.3) is 0 Å². The fourth-order valence-corrected chi connectivity index (χ4v) is 2.68. The van der Waals surface area contributed by atoms with E-state index in [0.717, 1.165) is 30.9 Å². The van der Waals surface area contributed by atoms with E-state index in [1.165, 1.54) is 5.56 Å². The van der Waals surface area contributed by atoms with Crippen LogP contribution in [0, 0.1) is 0 Å². The quantitative estimate of drug-likeness (QED) is 0.814. The van der Waals surface area contributed by atoms with Gasteiger partial charge in [0.2, 0.25) is 0 Å². The van der Waals surface area contributed by atoms with Gasteiger partial charge >= 0.3 is 0 Å². The van der Waals surface area contributed by atoms with Crippen molar-refractivity contribution in [3.8, 4) is 11.5 Å². The predicted molar refractivity (Wildman–Crippen MR) is 95.8 cm³/mol. The molecule has 1 heterocycles. The molecule has 1 aliphatic heterocycles. The molecule has 0 spiro atoms. The van der Waals surface area contributed by atoms with Crippen LogP contribution in [0.5, 0.6) is 11.5 Å². The molecule has 0 bridgehead atoms. The third kappa shape index (κ3) is 4.88. The van der Waals surface area contributed by atoms with Crippen molar-refractivity contribution in [1.82, 2.24) is 5.32 Å². The summed E-state index contributed by atoms with van der Waals surface area (Å²) in [5, 5.41) is 3.55. The number of halogens is 1. The van der Waals surface area contributed by atoms with Crippen molar-refractivity contribution in [3.05, 3.63) is 60.2 Å². The van der Waals surface area contributed by atoms with Crippen LogP contribution >= 0.6 is 12.4 Å². The maximum absolute atomic E-state index is 6.02. The molecule has 0 saturated carbocycles. The van der Waals surface area contributed by atoms with Crippen molar-refractivity contribution >= 4 is 12.4 Å². The van der Waals surface area contributed by atoms with Crippen molar-refractivity contribution in [3.63, 3.8) is 0 Å². The molecule has 1 N–H and O–H groups in total. The summed E-state index contributed by atoms with van der Waals surface area (Å²) in [5.74, 6) is 1.69. The molecule has 2 atom stereocenters. The molecule has 4 heteroatoms. The highest BCUT2D eigenvalue weighted by molar-refractivity contribution is 5.85. The first-order valence-corrected chi connectivity index (χ1v) is 7.99. The Kier molecular flexibility index (Phi) is 6.75. The van der Waals surface area contributed by atoms with Gasteiger partial charge in [0, 0.05) is 6.04 Å². The van der Waals surface area contributed by atoms with E-state index in [4.69, 9.17) is 9.47 Å². The third-order valence-electron chi connectivity index (χ3n) is 4.04. The standard InChI is InChI=1S/C19H23NO2.ClH/c1-15(20-13-7-10-16-8-3-2-4-9-16)19-14-21-17-11-5-6-12-18(17)22-19;/h2-6,8-9,11-12,15,19-20H,7,10,13-14H2,1H3;1H. The van der Waals surface area contributed by atoms with Crippen LogP contribution in [-0.2, 0) is 6.42 Å². The van der Waals surface area contributed by atoms with Crippen molar-refractivity contribution in [2.24, 2.45) is 0 Å². The van der Waals surface area contributed by atoms with Crippen LogP contribution < -0.4 is 14.8 Å². The zero-order valence-corrected chi connectivity index (χ0v) is 14.2. The lowest BCUT2D eigenvalue weighted by molar-refractivity contribution is 0.0667. The average Bonchev–Trinajstić information content (AvgIpc) is 2.59. The summed E-state index contributed by atoms with van der Waals surface area (Å²) >= 11 is 0. The molecule has 0 aliphatic carbocycles. The summed E-state index contributed by atoms with van der Waals surface area (Å²) in [5.41, 5.74) is 1.39. The summed E-state index contributed by atoms with van der Waals surface area (Å²) in [6.45, 7) is 3.74. The Hall–Kier alpha value is -1.71. The SMILES string of the molecule is CC(NCCCc1ccccc1)C1COc2ccccc2O1.Cl. The Morgan fingerprint density at radius 3 is 2.52 bits per heavy atom. The number of nitrogens with one attached hydrogen (secondary N) is 1. The van der Waals surface area contributed by atoms with Gasteiger partial charge in [-0.25, -0.2) is 0 Å². The molecule has 0 aromatic heterocycles. The van der Waals surface area contributed by atoms with E-state index in [-0.39, 0.29) is 24.6 Å². The molecule has 23 heavy (non-hydrogen) atoms. The number of para-hydroxylation sites is 2. The maximum Gasteiger partial charge on any atom is 0.161 e. The first kappa shape index (κ1) is 17.6. The highest BCUT2D eigenvalue weighted by atomic mass is 35.5. The lowest BCUT2D eigenvalue weighted by Gasteiger charge is -2.31. The molecule has 1 aliphatic rings. The molecular weight excluding hydrogens is 310 g/mol.